The molecular formula is C9H9F3N2. The largest absolute Gasteiger partial charge is 0.416 e. The minimum Gasteiger partial charge on any atom is -0.315 e. The zero-order valence-corrected chi connectivity index (χ0v) is 7.30. The van der Waals surface area contributed by atoms with Crippen LogP contribution in [-0.4, -0.2) is 18.1 Å². The Balaban J connectivity index is 2.38. The first-order valence-corrected chi connectivity index (χ1v) is 4.31. The summed E-state index contributed by atoms with van der Waals surface area (Å²) >= 11 is 0. The van der Waals surface area contributed by atoms with Gasteiger partial charge in [0.2, 0.25) is 0 Å². The SMILES string of the molecule is FC(F)(F)c1ccncc1C1CNC1. The van der Waals surface area contributed by atoms with Crippen molar-refractivity contribution in [1.29, 1.82) is 0 Å². The van der Waals surface area contributed by atoms with Gasteiger partial charge in [-0.3, -0.25) is 4.98 Å². The lowest BCUT2D eigenvalue weighted by molar-refractivity contribution is -0.138. The van der Waals surface area contributed by atoms with E-state index in [2.05, 4.69) is 10.3 Å². The normalized spacial score (nSPS) is 17.9. The highest BCUT2D eigenvalue weighted by Crippen LogP contribution is 2.35. The third-order valence-electron chi connectivity index (χ3n) is 2.38. The van der Waals surface area contributed by atoms with E-state index in [1.165, 1.54) is 12.4 Å². The van der Waals surface area contributed by atoms with Crippen LogP contribution >= 0.6 is 0 Å². The van der Waals surface area contributed by atoms with Crippen LogP contribution in [0, 0.1) is 0 Å². The number of hydrogen-bond acceptors (Lipinski definition) is 2. The third kappa shape index (κ3) is 1.59. The Morgan fingerprint density at radius 2 is 2.07 bits per heavy atom. The lowest BCUT2D eigenvalue weighted by Crippen LogP contribution is -2.40. The van der Waals surface area contributed by atoms with E-state index in [1.807, 2.05) is 0 Å². The Morgan fingerprint density at radius 3 is 2.57 bits per heavy atom. The van der Waals surface area contributed by atoms with E-state index >= 15 is 0 Å². The van der Waals surface area contributed by atoms with Gasteiger partial charge in [0, 0.05) is 31.4 Å². The zero-order valence-electron chi connectivity index (χ0n) is 7.30. The van der Waals surface area contributed by atoms with Crippen molar-refractivity contribution in [3.05, 3.63) is 29.6 Å². The maximum atomic E-state index is 12.5. The van der Waals surface area contributed by atoms with Crippen molar-refractivity contribution in [3.8, 4) is 0 Å². The maximum Gasteiger partial charge on any atom is 0.416 e. The van der Waals surface area contributed by atoms with Crippen LogP contribution in [0.2, 0.25) is 0 Å². The highest BCUT2D eigenvalue weighted by Gasteiger charge is 2.36. The van der Waals surface area contributed by atoms with Gasteiger partial charge in [0.05, 0.1) is 5.56 Å². The second-order valence-electron chi connectivity index (χ2n) is 3.32. The van der Waals surface area contributed by atoms with E-state index in [0.717, 1.165) is 6.07 Å². The molecule has 1 aromatic rings. The van der Waals surface area contributed by atoms with Crippen LogP contribution in [0.15, 0.2) is 18.5 Å². The van der Waals surface area contributed by atoms with Crippen LogP contribution in [-0.2, 0) is 6.18 Å². The van der Waals surface area contributed by atoms with Gasteiger partial charge in [0.15, 0.2) is 0 Å². The minimum atomic E-state index is -4.27. The second-order valence-corrected chi connectivity index (χ2v) is 3.32. The lowest BCUT2D eigenvalue weighted by atomic mass is 9.91. The molecular weight excluding hydrogens is 193 g/mol. The predicted molar refractivity (Wildman–Crippen MR) is 44.8 cm³/mol. The Hall–Kier alpha value is -1.10. The van der Waals surface area contributed by atoms with E-state index in [4.69, 9.17) is 0 Å². The monoisotopic (exact) mass is 202 g/mol. The number of alkyl halides is 3. The molecule has 0 saturated carbocycles. The Morgan fingerprint density at radius 1 is 1.36 bits per heavy atom. The van der Waals surface area contributed by atoms with E-state index < -0.39 is 11.7 Å². The summed E-state index contributed by atoms with van der Waals surface area (Å²) < 4.78 is 37.6. The summed E-state index contributed by atoms with van der Waals surface area (Å²) in [6.45, 7) is 1.21. The number of hydrogen-bond donors (Lipinski definition) is 1. The Labute approximate surface area is 79.2 Å². The molecule has 2 nitrogen and oxygen atoms in total. The maximum absolute atomic E-state index is 12.5. The number of rotatable bonds is 1. The van der Waals surface area contributed by atoms with Crippen molar-refractivity contribution in [2.45, 2.75) is 12.1 Å². The van der Waals surface area contributed by atoms with Crippen molar-refractivity contribution in [2.75, 3.05) is 13.1 Å². The molecule has 2 heterocycles. The van der Waals surface area contributed by atoms with Gasteiger partial charge < -0.3 is 5.32 Å². The summed E-state index contributed by atoms with van der Waals surface area (Å²) in [7, 11) is 0. The topological polar surface area (TPSA) is 24.9 Å². The van der Waals surface area contributed by atoms with E-state index in [9.17, 15) is 13.2 Å². The van der Waals surface area contributed by atoms with Crippen LogP contribution in [0.4, 0.5) is 13.2 Å². The first-order chi connectivity index (χ1) is 6.59. The van der Waals surface area contributed by atoms with Gasteiger partial charge in [0.25, 0.3) is 0 Å². The van der Waals surface area contributed by atoms with E-state index in [0.29, 0.717) is 18.7 Å². The third-order valence-corrected chi connectivity index (χ3v) is 2.38. The predicted octanol–water partition coefficient (Wildman–Crippen LogP) is 1.79. The van der Waals surface area contributed by atoms with Gasteiger partial charge in [-0.25, -0.2) is 0 Å². The number of aromatic nitrogens is 1. The molecule has 1 aromatic heterocycles. The van der Waals surface area contributed by atoms with Gasteiger partial charge in [0.1, 0.15) is 0 Å². The molecule has 14 heavy (non-hydrogen) atoms. The molecule has 1 N–H and O–H groups in total. The van der Waals surface area contributed by atoms with Crippen molar-refractivity contribution >= 4 is 0 Å². The van der Waals surface area contributed by atoms with Crippen molar-refractivity contribution < 1.29 is 13.2 Å². The van der Waals surface area contributed by atoms with Crippen LogP contribution in [0.3, 0.4) is 0 Å². The molecule has 0 aliphatic carbocycles. The summed E-state index contributed by atoms with van der Waals surface area (Å²) in [4.78, 5) is 3.73. The number of pyridine rings is 1. The minimum absolute atomic E-state index is 0.0414. The van der Waals surface area contributed by atoms with Gasteiger partial charge in [-0.2, -0.15) is 13.2 Å². The Kier molecular flexibility index (Phi) is 2.19. The molecule has 5 heteroatoms. The fourth-order valence-corrected chi connectivity index (χ4v) is 1.50. The van der Waals surface area contributed by atoms with Crippen LogP contribution in [0.1, 0.15) is 17.0 Å². The highest BCUT2D eigenvalue weighted by atomic mass is 19.4. The summed E-state index contributed by atoms with van der Waals surface area (Å²) in [5.41, 5.74) is -0.252. The van der Waals surface area contributed by atoms with Gasteiger partial charge in [-0.05, 0) is 11.6 Å². The average Bonchev–Trinajstić information content (AvgIpc) is 2.00. The summed E-state index contributed by atoms with van der Waals surface area (Å²) in [5.74, 6) is -0.0414. The average molecular weight is 202 g/mol. The molecule has 1 aliphatic heterocycles. The fraction of sp³-hybridized carbons (Fsp3) is 0.444. The molecule has 0 aromatic carbocycles. The van der Waals surface area contributed by atoms with Gasteiger partial charge in [-0.1, -0.05) is 0 Å². The summed E-state index contributed by atoms with van der Waals surface area (Å²) in [6.07, 6.45) is -1.78. The molecule has 76 valence electrons. The van der Waals surface area contributed by atoms with Crippen LogP contribution in [0.25, 0.3) is 0 Å². The van der Waals surface area contributed by atoms with Gasteiger partial charge in [-0.15, -0.1) is 0 Å². The number of nitrogens with zero attached hydrogens (tertiary/aromatic N) is 1. The zero-order chi connectivity index (χ0) is 10.2. The number of nitrogens with one attached hydrogen (secondary N) is 1. The molecule has 0 unspecified atom stereocenters. The standard InChI is InChI=1S/C9H9F3N2/c10-9(11,12)8-1-2-13-5-7(8)6-3-14-4-6/h1-2,5-6,14H,3-4H2. The molecule has 2 rings (SSSR count). The summed E-state index contributed by atoms with van der Waals surface area (Å²) in [5, 5.41) is 2.94. The molecule has 1 saturated heterocycles. The number of halogens is 3. The fourth-order valence-electron chi connectivity index (χ4n) is 1.50. The van der Waals surface area contributed by atoms with Crippen molar-refractivity contribution in [2.24, 2.45) is 0 Å². The van der Waals surface area contributed by atoms with Crippen molar-refractivity contribution in [1.82, 2.24) is 10.3 Å². The molecule has 1 fully saturated rings. The first kappa shape index (κ1) is 9.45. The van der Waals surface area contributed by atoms with Crippen LogP contribution in [0.5, 0.6) is 0 Å². The molecule has 0 amide bonds. The molecule has 0 atom stereocenters. The van der Waals surface area contributed by atoms with Crippen LogP contribution < -0.4 is 5.32 Å². The van der Waals surface area contributed by atoms with Crippen molar-refractivity contribution in [3.63, 3.8) is 0 Å². The van der Waals surface area contributed by atoms with E-state index in [1.54, 1.807) is 0 Å². The molecule has 0 bridgehead atoms. The second kappa shape index (κ2) is 3.24. The Bertz CT molecular complexity index is 331. The smallest absolute Gasteiger partial charge is 0.315 e. The summed E-state index contributed by atoms with van der Waals surface area (Å²) in [6, 6.07) is 1.04. The van der Waals surface area contributed by atoms with E-state index in [-0.39, 0.29) is 5.92 Å². The first-order valence-electron chi connectivity index (χ1n) is 4.31. The highest BCUT2D eigenvalue weighted by molar-refractivity contribution is 5.31. The quantitative estimate of drug-likeness (QED) is 0.750. The van der Waals surface area contributed by atoms with Gasteiger partial charge >= 0.3 is 6.18 Å². The molecule has 1 aliphatic rings. The molecule has 0 radical (unpaired) electrons. The molecule has 0 spiro atoms. The lowest BCUT2D eigenvalue weighted by Gasteiger charge is -2.29.